The van der Waals surface area contributed by atoms with Gasteiger partial charge in [-0.25, -0.2) is 0 Å². The zero-order valence-electron chi connectivity index (χ0n) is 4.81. The van der Waals surface area contributed by atoms with Crippen LogP contribution in [0.25, 0.3) is 0 Å². The Morgan fingerprint density at radius 1 is 0.889 bits per heavy atom. The molecule has 0 aromatic rings. The highest BCUT2D eigenvalue weighted by atomic mass is 16.3. The zero-order chi connectivity index (χ0) is 7.54. The molecule has 0 saturated heterocycles. The Hall–Kier alpha value is -1.16. The Labute approximate surface area is 53.0 Å². The number of rotatable bonds is 1. The molecule has 54 valence electrons. The molecule has 0 fully saturated rings. The van der Waals surface area contributed by atoms with Crippen molar-refractivity contribution in [2.45, 2.75) is 0 Å². The van der Waals surface area contributed by atoms with Gasteiger partial charge in [0.05, 0.1) is 12.9 Å². The van der Waals surface area contributed by atoms with E-state index < -0.39 is 0 Å². The minimum Gasteiger partial charge on any atom is -0.516 e. The van der Waals surface area contributed by atoms with Gasteiger partial charge in [0.2, 0.25) is 0 Å². The van der Waals surface area contributed by atoms with Gasteiger partial charge in [-0.3, -0.25) is 0 Å². The molecular formula is C5H10O4. The molecule has 0 aliphatic rings. The summed E-state index contributed by atoms with van der Waals surface area (Å²) in [7, 11) is 0. The van der Waals surface area contributed by atoms with Gasteiger partial charge in [0.15, 0.2) is 0 Å². The third-order valence-corrected chi connectivity index (χ3v) is 0.277. The van der Waals surface area contributed by atoms with E-state index in [-0.39, 0.29) is 6.61 Å². The normalized spacial score (nSPS) is 9.44. The second kappa shape index (κ2) is 15.8. The predicted octanol–water partition coefficient (Wildman–Crippen LogP) is 0.624. The molecule has 0 radical (unpaired) electrons. The van der Waals surface area contributed by atoms with Gasteiger partial charge in [0.25, 0.3) is 0 Å². The van der Waals surface area contributed by atoms with Crippen LogP contribution in [0.5, 0.6) is 0 Å². The smallest absolute Gasteiger partial charge is 0.113 e. The highest BCUT2D eigenvalue weighted by Gasteiger charge is 1.54. The van der Waals surface area contributed by atoms with Crippen LogP contribution < -0.4 is 0 Å². The maximum atomic E-state index is 7.82. The Morgan fingerprint density at radius 2 is 1.33 bits per heavy atom. The van der Waals surface area contributed by atoms with E-state index in [1.807, 2.05) is 0 Å². The van der Waals surface area contributed by atoms with Crippen LogP contribution in [0.15, 0.2) is 24.9 Å². The summed E-state index contributed by atoms with van der Waals surface area (Å²) in [6, 6.07) is 0. The minimum atomic E-state index is -0.0868. The molecule has 0 aliphatic carbocycles. The molecule has 0 rings (SSSR count). The summed E-state index contributed by atoms with van der Waals surface area (Å²) in [5.41, 5.74) is 0. The summed E-state index contributed by atoms with van der Waals surface area (Å²) in [6.45, 7) is -0.0868. The molecule has 0 heterocycles. The van der Waals surface area contributed by atoms with Crippen molar-refractivity contribution in [2.24, 2.45) is 0 Å². The summed E-state index contributed by atoms with van der Waals surface area (Å²) in [6.07, 6.45) is 3.15. The molecule has 0 bridgehead atoms. The molecule has 0 amide bonds. The zero-order valence-corrected chi connectivity index (χ0v) is 4.81. The van der Waals surface area contributed by atoms with E-state index in [1.54, 1.807) is 0 Å². The molecule has 4 nitrogen and oxygen atoms in total. The van der Waals surface area contributed by atoms with Crippen LogP contribution >= 0.6 is 0 Å². The topological polar surface area (TPSA) is 80.9 Å². The molecule has 0 unspecified atom stereocenters. The van der Waals surface area contributed by atoms with Gasteiger partial charge in [0, 0.05) is 0 Å². The first kappa shape index (κ1) is 10.8. The molecule has 0 aromatic carbocycles. The van der Waals surface area contributed by atoms with Crippen LogP contribution in [-0.4, -0.2) is 27.0 Å². The number of aliphatic hydroxyl groups excluding tert-OH is 4. The van der Waals surface area contributed by atoms with Crippen molar-refractivity contribution < 1.29 is 20.4 Å². The quantitative estimate of drug-likeness (QED) is 0.396. The van der Waals surface area contributed by atoms with Gasteiger partial charge in [-0.05, 0) is 6.08 Å². The minimum absolute atomic E-state index is 0.0868. The van der Waals surface area contributed by atoms with Crippen molar-refractivity contribution in [1.82, 2.24) is 0 Å². The van der Waals surface area contributed by atoms with Crippen molar-refractivity contribution in [2.75, 3.05) is 6.61 Å². The second-order valence-electron chi connectivity index (χ2n) is 0.865. The molecule has 0 spiro atoms. The Morgan fingerprint density at radius 3 is 1.33 bits per heavy atom. The van der Waals surface area contributed by atoms with Crippen LogP contribution in [-0.2, 0) is 0 Å². The van der Waals surface area contributed by atoms with Gasteiger partial charge in [0.1, 0.15) is 12.5 Å². The Balaban J connectivity index is 0. The molecular weight excluding hydrogens is 124 g/mol. The third-order valence-electron chi connectivity index (χ3n) is 0.277. The van der Waals surface area contributed by atoms with Crippen molar-refractivity contribution in [1.29, 1.82) is 0 Å². The monoisotopic (exact) mass is 134 g/mol. The standard InChI is InChI=1S/C3H6O2.C2H4O2/c4-2-1-3-5;3-1-2-4/h1-2,4-5H,3H2;1-4H/b2*2-1+. The van der Waals surface area contributed by atoms with Gasteiger partial charge >= 0.3 is 0 Å². The van der Waals surface area contributed by atoms with Gasteiger partial charge in [-0.2, -0.15) is 0 Å². The van der Waals surface area contributed by atoms with Gasteiger partial charge < -0.3 is 20.4 Å². The summed E-state index contributed by atoms with van der Waals surface area (Å²) in [5, 5.41) is 30.4. The largest absolute Gasteiger partial charge is 0.516 e. The average Bonchev–Trinajstić information content (AvgIpc) is 1.91. The van der Waals surface area contributed by atoms with Crippen LogP contribution in [0.4, 0.5) is 0 Å². The maximum Gasteiger partial charge on any atom is 0.113 e. The van der Waals surface area contributed by atoms with Crippen molar-refractivity contribution in [3.63, 3.8) is 0 Å². The van der Waals surface area contributed by atoms with E-state index >= 15 is 0 Å². The third kappa shape index (κ3) is 47.3. The lowest BCUT2D eigenvalue weighted by Crippen LogP contribution is -1.66. The van der Waals surface area contributed by atoms with Crippen molar-refractivity contribution in [3.05, 3.63) is 24.9 Å². The fourth-order valence-electron chi connectivity index (χ4n) is 0.0471. The van der Waals surface area contributed by atoms with E-state index in [4.69, 9.17) is 20.4 Å². The van der Waals surface area contributed by atoms with E-state index in [0.29, 0.717) is 12.5 Å². The lowest BCUT2D eigenvalue weighted by atomic mass is 10.7. The van der Waals surface area contributed by atoms with Crippen LogP contribution in [0.2, 0.25) is 0 Å². The first-order valence-electron chi connectivity index (χ1n) is 2.17. The van der Waals surface area contributed by atoms with Crippen LogP contribution in [0.3, 0.4) is 0 Å². The molecule has 0 atom stereocenters. The lowest BCUT2D eigenvalue weighted by molar-refractivity contribution is 0.337. The first-order chi connectivity index (χ1) is 4.33. The fraction of sp³-hybridized carbons (Fsp3) is 0.200. The summed E-state index contributed by atoms with van der Waals surface area (Å²) in [4.78, 5) is 0. The summed E-state index contributed by atoms with van der Waals surface area (Å²) >= 11 is 0. The van der Waals surface area contributed by atoms with E-state index in [1.165, 1.54) is 6.08 Å². The molecule has 0 aliphatic heterocycles. The molecule has 4 heteroatoms. The van der Waals surface area contributed by atoms with E-state index in [2.05, 4.69) is 0 Å². The molecule has 0 saturated carbocycles. The molecule has 9 heavy (non-hydrogen) atoms. The number of hydrogen-bond acceptors (Lipinski definition) is 4. The second-order valence-corrected chi connectivity index (χ2v) is 0.865. The van der Waals surface area contributed by atoms with Crippen LogP contribution in [0, 0.1) is 0 Å². The number of aliphatic hydroxyl groups is 4. The summed E-state index contributed by atoms with van der Waals surface area (Å²) in [5.74, 6) is 0. The van der Waals surface area contributed by atoms with Gasteiger partial charge in [-0.15, -0.1) is 0 Å². The first-order valence-corrected chi connectivity index (χ1v) is 2.17. The van der Waals surface area contributed by atoms with Gasteiger partial charge in [-0.1, -0.05) is 0 Å². The predicted molar refractivity (Wildman–Crippen MR) is 33.3 cm³/mol. The highest BCUT2D eigenvalue weighted by Crippen LogP contribution is 1.56. The van der Waals surface area contributed by atoms with E-state index in [0.717, 1.165) is 6.26 Å². The Kier molecular flexibility index (Phi) is 18.9. The molecule has 4 N–H and O–H groups in total. The lowest BCUT2D eigenvalue weighted by Gasteiger charge is -1.66. The SMILES string of the molecule is O/C=C/CO.O/C=C/O. The van der Waals surface area contributed by atoms with Crippen molar-refractivity contribution >= 4 is 0 Å². The fourth-order valence-corrected chi connectivity index (χ4v) is 0.0471. The van der Waals surface area contributed by atoms with Crippen molar-refractivity contribution in [3.8, 4) is 0 Å². The molecule has 0 aromatic heterocycles. The number of hydrogen-bond donors (Lipinski definition) is 4. The highest BCUT2D eigenvalue weighted by molar-refractivity contribution is 4.67. The Bertz CT molecular complexity index is 73.0. The van der Waals surface area contributed by atoms with E-state index in [9.17, 15) is 0 Å². The maximum absolute atomic E-state index is 7.82. The van der Waals surface area contributed by atoms with Crippen LogP contribution in [0.1, 0.15) is 0 Å². The average molecular weight is 134 g/mol. The summed E-state index contributed by atoms with van der Waals surface area (Å²) < 4.78 is 0.